The summed E-state index contributed by atoms with van der Waals surface area (Å²) in [5, 5.41) is 9.01. The van der Waals surface area contributed by atoms with Crippen molar-refractivity contribution in [3.8, 4) is 0 Å². The summed E-state index contributed by atoms with van der Waals surface area (Å²) < 4.78 is 1.04. The van der Waals surface area contributed by atoms with Gasteiger partial charge in [-0.1, -0.05) is 28.9 Å². The smallest absolute Gasteiger partial charge is 0.331 e. The van der Waals surface area contributed by atoms with Crippen molar-refractivity contribution in [1.82, 2.24) is 0 Å². The molecule has 0 spiro atoms. The van der Waals surface area contributed by atoms with Crippen molar-refractivity contribution in [1.29, 1.82) is 0 Å². The Bertz CT molecular complexity index is 449. The molecular weight excluding hydrogens is 256 g/mol. The van der Waals surface area contributed by atoms with Crippen molar-refractivity contribution < 1.29 is 9.90 Å². The first-order valence-corrected chi connectivity index (χ1v) is 5.60. The predicted molar refractivity (Wildman–Crippen MR) is 62.6 cm³/mol. The highest BCUT2D eigenvalue weighted by Crippen LogP contribution is 2.30. The highest BCUT2D eigenvalue weighted by Gasteiger charge is 2.22. The van der Waals surface area contributed by atoms with E-state index in [1.165, 1.54) is 5.56 Å². The fourth-order valence-corrected chi connectivity index (χ4v) is 2.32. The van der Waals surface area contributed by atoms with Gasteiger partial charge >= 0.3 is 5.97 Å². The Labute approximate surface area is 96.7 Å². The van der Waals surface area contributed by atoms with Gasteiger partial charge in [0.15, 0.2) is 0 Å². The SMILES string of the molecule is CC1Cc2cc(Br)ccc2C=C1C(=O)O. The lowest BCUT2D eigenvalue weighted by Crippen LogP contribution is -2.16. The molecule has 1 aliphatic rings. The minimum absolute atomic E-state index is 0.0873. The Morgan fingerprint density at radius 3 is 2.93 bits per heavy atom. The molecule has 0 heterocycles. The summed E-state index contributed by atoms with van der Waals surface area (Å²) in [5.74, 6) is -0.722. The summed E-state index contributed by atoms with van der Waals surface area (Å²) >= 11 is 3.42. The molecule has 2 nitrogen and oxygen atoms in total. The van der Waals surface area contributed by atoms with Crippen LogP contribution in [0, 0.1) is 5.92 Å². The van der Waals surface area contributed by atoms with Crippen molar-refractivity contribution in [2.45, 2.75) is 13.3 Å². The highest BCUT2D eigenvalue weighted by molar-refractivity contribution is 9.10. The van der Waals surface area contributed by atoms with Gasteiger partial charge in [0.1, 0.15) is 0 Å². The summed E-state index contributed by atoms with van der Waals surface area (Å²) in [6.07, 6.45) is 2.57. The van der Waals surface area contributed by atoms with Crippen LogP contribution in [0.4, 0.5) is 0 Å². The maximum absolute atomic E-state index is 11.0. The molecule has 1 aliphatic carbocycles. The third-order valence-corrected chi connectivity index (χ3v) is 3.21. The normalized spacial score (nSPS) is 19.3. The van der Waals surface area contributed by atoms with Gasteiger partial charge in [-0.2, -0.15) is 0 Å². The first kappa shape index (κ1) is 10.4. The molecule has 1 atom stereocenters. The van der Waals surface area contributed by atoms with E-state index in [4.69, 9.17) is 5.11 Å². The van der Waals surface area contributed by atoms with Gasteiger partial charge in [-0.15, -0.1) is 0 Å². The second-order valence-electron chi connectivity index (χ2n) is 3.85. The number of aliphatic carboxylic acids is 1. The minimum atomic E-state index is -0.809. The van der Waals surface area contributed by atoms with Crippen LogP contribution < -0.4 is 0 Å². The van der Waals surface area contributed by atoms with E-state index >= 15 is 0 Å². The van der Waals surface area contributed by atoms with Crippen LogP contribution in [-0.4, -0.2) is 11.1 Å². The van der Waals surface area contributed by atoms with Gasteiger partial charge in [-0.05, 0) is 41.7 Å². The number of carbonyl (C=O) groups is 1. The lowest BCUT2D eigenvalue weighted by atomic mass is 9.85. The van der Waals surface area contributed by atoms with Crippen LogP contribution in [0.1, 0.15) is 18.1 Å². The first-order chi connectivity index (χ1) is 7.08. The molecule has 2 rings (SSSR count). The molecule has 1 N–H and O–H groups in total. The third-order valence-electron chi connectivity index (χ3n) is 2.72. The molecule has 0 bridgehead atoms. The fraction of sp³-hybridized carbons (Fsp3) is 0.250. The molecule has 0 amide bonds. The molecule has 0 aliphatic heterocycles. The zero-order chi connectivity index (χ0) is 11.0. The lowest BCUT2D eigenvalue weighted by Gasteiger charge is -2.20. The first-order valence-electron chi connectivity index (χ1n) is 4.81. The number of hydrogen-bond donors (Lipinski definition) is 1. The quantitative estimate of drug-likeness (QED) is 0.848. The topological polar surface area (TPSA) is 37.3 Å². The average Bonchev–Trinajstić information content (AvgIpc) is 2.15. The van der Waals surface area contributed by atoms with Crippen LogP contribution in [0.5, 0.6) is 0 Å². The van der Waals surface area contributed by atoms with E-state index in [-0.39, 0.29) is 5.92 Å². The average molecular weight is 267 g/mol. The molecule has 1 unspecified atom stereocenters. The van der Waals surface area contributed by atoms with Gasteiger partial charge in [0.2, 0.25) is 0 Å². The third kappa shape index (κ3) is 1.97. The van der Waals surface area contributed by atoms with Crippen molar-refractivity contribution in [2.24, 2.45) is 5.92 Å². The fourth-order valence-electron chi connectivity index (χ4n) is 1.91. The summed E-state index contributed by atoms with van der Waals surface area (Å²) in [7, 11) is 0. The molecule has 1 aromatic carbocycles. The molecule has 0 fully saturated rings. The molecule has 15 heavy (non-hydrogen) atoms. The van der Waals surface area contributed by atoms with Crippen molar-refractivity contribution in [3.63, 3.8) is 0 Å². The van der Waals surface area contributed by atoms with Crippen molar-refractivity contribution in [3.05, 3.63) is 39.4 Å². The number of halogens is 1. The van der Waals surface area contributed by atoms with Gasteiger partial charge in [0, 0.05) is 10.0 Å². The number of benzene rings is 1. The second-order valence-corrected chi connectivity index (χ2v) is 4.77. The monoisotopic (exact) mass is 266 g/mol. The summed E-state index contributed by atoms with van der Waals surface area (Å²) in [6, 6.07) is 5.94. The molecule has 0 aromatic heterocycles. The van der Waals surface area contributed by atoms with E-state index in [9.17, 15) is 4.79 Å². The molecule has 0 saturated carbocycles. The van der Waals surface area contributed by atoms with Crippen LogP contribution in [-0.2, 0) is 11.2 Å². The zero-order valence-electron chi connectivity index (χ0n) is 8.33. The Hall–Kier alpha value is -1.09. The van der Waals surface area contributed by atoms with Gasteiger partial charge < -0.3 is 5.11 Å². The van der Waals surface area contributed by atoms with Crippen LogP contribution in [0.3, 0.4) is 0 Å². The van der Waals surface area contributed by atoms with E-state index < -0.39 is 5.97 Å². The molecule has 0 radical (unpaired) electrons. The largest absolute Gasteiger partial charge is 0.478 e. The zero-order valence-corrected chi connectivity index (χ0v) is 9.91. The minimum Gasteiger partial charge on any atom is -0.478 e. The Balaban J connectivity index is 2.50. The van der Waals surface area contributed by atoms with E-state index in [0.29, 0.717) is 5.57 Å². The Kier molecular flexibility index (Phi) is 2.65. The number of rotatable bonds is 1. The van der Waals surface area contributed by atoms with Crippen LogP contribution >= 0.6 is 15.9 Å². The number of carboxylic acid groups (broad SMARTS) is 1. The lowest BCUT2D eigenvalue weighted by molar-refractivity contribution is -0.133. The standard InChI is InChI=1S/C12H11BrO2/c1-7-4-9-5-10(13)3-2-8(9)6-11(7)12(14)15/h2-3,5-7H,4H2,1H3,(H,14,15). The van der Waals surface area contributed by atoms with Gasteiger partial charge in [0.25, 0.3) is 0 Å². The molecule has 1 aromatic rings. The van der Waals surface area contributed by atoms with E-state index in [0.717, 1.165) is 16.5 Å². The second kappa shape index (κ2) is 3.81. The van der Waals surface area contributed by atoms with Crippen LogP contribution in [0.15, 0.2) is 28.2 Å². The van der Waals surface area contributed by atoms with Crippen molar-refractivity contribution in [2.75, 3.05) is 0 Å². The summed E-state index contributed by atoms with van der Waals surface area (Å²) in [6.45, 7) is 1.95. The molecule has 78 valence electrons. The number of hydrogen-bond acceptors (Lipinski definition) is 1. The predicted octanol–water partition coefficient (Wildman–Crippen LogP) is 3.11. The summed E-state index contributed by atoms with van der Waals surface area (Å²) in [5.41, 5.74) is 2.74. The van der Waals surface area contributed by atoms with E-state index in [2.05, 4.69) is 22.0 Å². The molecular formula is C12H11BrO2. The van der Waals surface area contributed by atoms with Gasteiger partial charge in [-0.25, -0.2) is 4.79 Å². The Morgan fingerprint density at radius 1 is 1.53 bits per heavy atom. The van der Waals surface area contributed by atoms with Crippen molar-refractivity contribution >= 4 is 28.0 Å². The molecule has 0 saturated heterocycles. The number of fused-ring (bicyclic) bond motifs is 1. The summed E-state index contributed by atoms with van der Waals surface area (Å²) in [4.78, 5) is 11.0. The number of carboxylic acids is 1. The Morgan fingerprint density at radius 2 is 2.27 bits per heavy atom. The van der Waals surface area contributed by atoms with E-state index in [1.807, 2.05) is 19.1 Å². The van der Waals surface area contributed by atoms with Crippen LogP contribution in [0.25, 0.3) is 6.08 Å². The highest BCUT2D eigenvalue weighted by atomic mass is 79.9. The van der Waals surface area contributed by atoms with Gasteiger partial charge in [0.05, 0.1) is 0 Å². The van der Waals surface area contributed by atoms with E-state index in [1.54, 1.807) is 6.08 Å². The van der Waals surface area contributed by atoms with Gasteiger partial charge in [-0.3, -0.25) is 0 Å². The molecule has 3 heteroatoms. The maximum Gasteiger partial charge on any atom is 0.331 e. The maximum atomic E-state index is 11.0. The van der Waals surface area contributed by atoms with Crippen LogP contribution in [0.2, 0.25) is 0 Å².